The lowest BCUT2D eigenvalue weighted by Gasteiger charge is -2.05. The van der Waals surface area contributed by atoms with Crippen LogP contribution in [0.25, 0.3) is 17.1 Å². The van der Waals surface area contributed by atoms with Gasteiger partial charge < -0.3 is 15.2 Å². The minimum atomic E-state index is -0.487. The van der Waals surface area contributed by atoms with E-state index in [-0.39, 0.29) is 13.2 Å². The molecule has 0 radical (unpaired) electrons. The van der Waals surface area contributed by atoms with E-state index in [1.165, 1.54) is 0 Å². The van der Waals surface area contributed by atoms with Gasteiger partial charge in [-0.25, -0.2) is 9.67 Å². The summed E-state index contributed by atoms with van der Waals surface area (Å²) in [5, 5.41) is 8.70. The van der Waals surface area contributed by atoms with Crippen LogP contribution in [-0.2, 0) is 17.8 Å². The maximum Gasteiger partial charge on any atom is 0.231 e. The fraction of sp³-hybridized carbons (Fsp3) is 0.250. The molecule has 1 amide bonds. The number of carbonyl (C=O) groups excluding carboxylic acids is 1. The molecule has 0 aliphatic carbocycles. The predicted molar refractivity (Wildman–Crippen MR) is 87.3 cm³/mol. The minimum Gasteiger partial charge on any atom is -0.454 e. The molecule has 2 aromatic heterocycles. The Bertz CT molecular complexity index is 945. The van der Waals surface area contributed by atoms with Crippen molar-refractivity contribution < 1.29 is 14.3 Å². The fourth-order valence-corrected chi connectivity index (χ4v) is 2.62. The van der Waals surface area contributed by atoms with Gasteiger partial charge in [0.1, 0.15) is 0 Å². The van der Waals surface area contributed by atoms with Gasteiger partial charge in [-0.15, -0.1) is 0 Å². The van der Waals surface area contributed by atoms with Crippen LogP contribution in [0.1, 0.15) is 12.7 Å². The van der Waals surface area contributed by atoms with E-state index in [4.69, 9.17) is 15.2 Å². The van der Waals surface area contributed by atoms with Crippen molar-refractivity contribution >= 4 is 5.91 Å². The molecule has 25 heavy (non-hydrogen) atoms. The molecule has 4 rings (SSSR count). The summed E-state index contributed by atoms with van der Waals surface area (Å²) < 4.78 is 14.2. The van der Waals surface area contributed by atoms with Crippen molar-refractivity contribution in [2.24, 2.45) is 5.73 Å². The Morgan fingerprint density at radius 2 is 2.16 bits per heavy atom. The number of benzene rings is 1. The molecule has 0 bridgehead atoms. The van der Waals surface area contributed by atoms with E-state index < -0.39 is 5.91 Å². The number of aryl methyl sites for hydroxylation is 1. The second-order valence-electron chi connectivity index (χ2n) is 5.53. The fourth-order valence-electron chi connectivity index (χ4n) is 2.62. The van der Waals surface area contributed by atoms with Crippen LogP contribution in [-0.4, -0.2) is 37.2 Å². The first-order valence-electron chi connectivity index (χ1n) is 7.81. The normalized spacial score (nSPS) is 12.5. The summed E-state index contributed by atoms with van der Waals surface area (Å²) in [6.07, 6.45) is 3.55. The number of carbonyl (C=O) groups is 1. The quantitative estimate of drug-likeness (QED) is 0.739. The molecule has 0 fully saturated rings. The van der Waals surface area contributed by atoms with Gasteiger partial charge in [-0.3, -0.25) is 9.48 Å². The summed E-state index contributed by atoms with van der Waals surface area (Å²) in [6, 6.07) is 5.48. The Balaban J connectivity index is 1.82. The lowest BCUT2D eigenvalue weighted by atomic mass is 10.2. The van der Waals surface area contributed by atoms with Crippen LogP contribution < -0.4 is 15.2 Å². The van der Waals surface area contributed by atoms with Crippen molar-refractivity contribution in [3.05, 3.63) is 36.4 Å². The van der Waals surface area contributed by atoms with E-state index in [0.717, 1.165) is 17.8 Å². The Morgan fingerprint density at radius 3 is 2.92 bits per heavy atom. The summed E-state index contributed by atoms with van der Waals surface area (Å²) >= 11 is 0. The highest BCUT2D eigenvalue weighted by Crippen LogP contribution is 2.34. The highest BCUT2D eigenvalue weighted by Gasteiger charge is 2.19. The molecular formula is C16H16N6O3. The number of rotatable bonds is 5. The molecule has 3 aromatic rings. The number of ether oxygens (including phenoxy) is 2. The van der Waals surface area contributed by atoms with E-state index in [9.17, 15) is 4.79 Å². The molecule has 9 heteroatoms. The van der Waals surface area contributed by atoms with E-state index >= 15 is 0 Å². The molecule has 3 heterocycles. The van der Waals surface area contributed by atoms with Crippen LogP contribution in [0.3, 0.4) is 0 Å². The standard InChI is InChI=1S/C16H16N6O3/c1-2-21-8-10(7-18-21)16-19-15(6-14(17)23)20-22(16)11-3-4-12-13(5-11)25-9-24-12/h3-5,7-8H,2,6,9H2,1H3,(H2,17,23). The van der Waals surface area contributed by atoms with Crippen LogP contribution in [0.15, 0.2) is 30.6 Å². The van der Waals surface area contributed by atoms with Gasteiger partial charge in [-0.1, -0.05) is 0 Å². The van der Waals surface area contributed by atoms with Crippen molar-refractivity contribution in [1.29, 1.82) is 0 Å². The van der Waals surface area contributed by atoms with Crippen molar-refractivity contribution in [2.75, 3.05) is 6.79 Å². The van der Waals surface area contributed by atoms with E-state index in [2.05, 4.69) is 15.2 Å². The Kier molecular flexibility index (Phi) is 3.60. The summed E-state index contributed by atoms with van der Waals surface area (Å²) in [7, 11) is 0. The topological polar surface area (TPSA) is 110 Å². The number of hydrogen-bond donors (Lipinski definition) is 1. The third kappa shape index (κ3) is 2.80. The van der Waals surface area contributed by atoms with Crippen molar-refractivity contribution in [3.63, 3.8) is 0 Å². The molecule has 1 aliphatic rings. The summed E-state index contributed by atoms with van der Waals surface area (Å²) in [4.78, 5) is 15.7. The molecule has 2 N–H and O–H groups in total. The zero-order valence-electron chi connectivity index (χ0n) is 13.5. The van der Waals surface area contributed by atoms with Crippen LogP contribution in [0.5, 0.6) is 11.5 Å². The van der Waals surface area contributed by atoms with Crippen LogP contribution in [0, 0.1) is 0 Å². The van der Waals surface area contributed by atoms with E-state index in [1.54, 1.807) is 15.6 Å². The van der Waals surface area contributed by atoms with Gasteiger partial charge in [0.2, 0.25) is 12.7 Å². The number of primary amides is 1. The Hall–Kier alpha value is -3.36. The largest absolute Gasteiger partial charge is 0.454 e. The zero-order valence-corrected chi connectivity index (χ0v) is 13.5. The first-order valence-corrected chi connectivity index (χ1v) is 7.81. The Morgan fingerprint density at radius 1 is 1.32 bits per heavy atom. The molecule has 1 aliphatic heterocycles. The van der Waals surface area contributed by atoms with Gasteiger partial charge in [0.25, 0.3) is 0 Å². The summed E-state index contributed by atoms with van der Waals surface area (Å²) in [5.41, 5.74) is 6.82. The molecule has 0 saturated heterocycles. The maximum atomic E-state index is 11.2. The van der Waals surface area contributed by atoms with Gasteiger partial charge >= 0.3 is 0 Å². The minimum absolute atomic E-state index is 0.0353. The molecule has 9 nitrogen and oxygen atoms in total. The van der Waals surface area contributed by atoms with Crippen LogP contribution in [0.4, 0.5) is 0 Å². The molecular weight excluding hydrogens is 324 g/mol. The van der Waals surface area contributed by atoms with E-state index in [0.29, 0.717) is 23.1 Å². The van der Waals surface area contributed by atoms with Crippen molar-refractivity contribution in [1.82, 2.24) is 24.5 Å². The van der Waals surface area contributed by atoms with Gasteiger partial charge in [0.05, 0.1) is 23.9 Å². The summed E-state index contributed by atoms with van der Waals surface area (Å²) in [5.74, 6) is 1.76. The molecule has 0 spiro atoms. The first-order chi connectivity index (χ1) is 12.1. The molecule has 128 valence electrons. The third-order valence-electron chi connectivity index (χ3n) is 3.80. The second kappa shape index (κ2) is 5.93. The number of aromatic nitrogens is 5. The summed E-state index contributed by atoms with van der Waals surface area (Å²) in [6.45, 7) is 2.93. The molecule has 0 unspecified atom stereocenters. The first kappa shape index (κ1) is 15.2. The van der Waals surface area contributed by atoms with Gasteiger partial charge in [-0.05, 0) is 19.1 Å². The van der Waals surface area contributed by atoms with Crippen molar-refractivity contribution in [2.45, 2.75) is 19.9 Å². The van der Waals surface area contributed by atoms with Crippen molar-refractivity contribution in [3.8, 4) is 28.6 Å². The average molecular weight is 340 g/mol. The molecule has 1 aromatic carbocycles. The number of fused-ring (bicyclic) bond motifs is 1. The molecule has 0 atom stereocenters. The zero-order chi connectivity index (χ0) is 17.4. The average Bonchev–Trinajstić information content (AvgIpc) is 3.32. The number of hydrogen-bond acceptors (Lipinski definition) is 6. The second-order valence-corrected chi connectivity index (χ2v) is 5.53. The molecule has 0 saturated carbocycles. The SMILES string of the molecule is CCn1cc(-c2nc(CC(N)=O)nn2-c2ccc3c(c2)OCO3)cn1. The van der Waals surface area contributed by atoms with Gasteiger partial charge in [0.15, 0.2) is 23.1 Å². The smallest absolute Gasteiger partial charge is 0.231 e. The van der Waals surface area contributed by atoms with Crippen LogP contribution in [0.2, 0.25) is 0 Å². The number of nitrogens with two attached hydrogens (primary N) is 1. The van der Waals surface area contributed by atoms with Gasteiger partial charge in [-0.2, -0.15) is 10.2 Å². The lowest BCUT2D eigenvalue weighted by molar-refractivity contribution is -0.117. The van der Waals surface area contributed by atoms with Crippen LogP contribution >= 0.6 is 0 Å². The predicted octanol–water partition coefficient (Wildman–Crippen LogP) is 0.907. The number of amides is 1. The highest BCUT2D eigenvalue weighted by atomic mass is 16.7. The maximum absolute atomic E-state index is 11.2. The van der Waals surface area contributed by atoms with Gasteiger partial charge in [0, 0.05) is 18.8 Å². The highest BCUT2D eigenvalue weighted by molar-refractivity contribution is 5.75. The number of nitrogens with zero attached hydrogens (tertiary/aromatic N) is 5. The Labute approximate surface area is 143 Å². The third-order valence-corrected chi connectivity index (χ3v) is 3.80. The monoisotopic (exact) mass is 340 g/mol. The van der Waals surface area contributed by atoms with E-state index in [1.807, 2.05) is 31.3 Å². The lowest BCUT2D eigenvalue weighted by Crippen LogP contribution is -2.14.